The zero-order chi connectivity index (χ0) is 9.68. The Morgan fingerprint density at radius 3 is 3.00 bits per heavy atom. The van der Waals surface area contributed by atoms with Crippen molar-refractivity contribution >= 4 is 0 Å². The third kappa shape index (κ3) is 2.67. The first-order valence-electron chi connectivity index (χ1n) is 3.98. The fourth-order valence-corrected chi connectivity index (χ4v) is 0.807. The minimum Gasteiger partial charge on any atom is -0.449 e. The van der Waals surface area contributed by atoms with E-state index >= 15 is 0 Å². The maximum absolute atomic E-state index is 5.65. The molecule has 1 unspecified atom stereocenters. The zero-order valence-corrected chi connectivity index (χ0v) is 7.69. The van der Waals surface area contributed by atoms with Crippen LogP contribution in [-0.2, 0) is 4.74 Å². The molecule has 6 nitrogen and oxygen atoms in total. The van der Waals surface area contributed by atoms with E-state index in [2.05, 4.69) is 10.1 Å². The van der Waals surface area contributed by atoms with Crippen LogP contribution >= 0.6 is 0 Å². The summed E-state index contributed by atoms with van der Waals surface area (Å²) >= 11 is 0. The minimum atomic E-state index is -0.372. The predicted octanol–water partition coefficient (Wildman–Crippen LogP) is 0.114. The Morgan fingerprint density at radius 2 is 2.38 bits per heavy atom. The summed E-state index contributed by atoms with van der Waals surface area (Å²) in [7, 11) is 1.56. The van der Waals surface area contributed by atoms with Gasteiger partial charge in [-0.2, -0.15) is 4.98 Å². The summed E-state index contributed by atoms with van der Waals surface area (Å²) in [6, 6.07) is -0.372. The number of nitrogens with two attached hydrogens (primary N) is 1. The molecule has 0 amide bonds. The molecule has 0 aliphatic carbocycles. The molecule has 0 saturated carbocycles. The molecule has 13 heavy (non-hydrogen) atoms. The summed E-state index contributed by atoms with van der Waals surface area (Å²) in [5.74, 6) is 0.394. The number of hydrogen-bond acceptors (Lipinski definition) is 6. The minimum absolute atomic E-state index is 0.143. The largest absolute Gasteiger partial charge is 0.449 e. The van der Waals surface area contributed by atoms with Gasteiger partial charge in [0.1, 0.15) is 0 Å². The third-order valence-electron chi connectivity index (χ3n) is 1.37. The van der Waals surface area contributed by atoms with Crippen LogP contribution in [0.25, 0.3) is 0 Å². The summed E-state index contributed by atoms with van der Waals surface area (Å²) < 4.78 is 14.6. The molecular formula is C7H13N3O3. The average Bonchev–Trinajstić information content (AvgIpc) is 2.54. The van der Waals surface area contributed by atoms with E-state index in [-0.39, 0.29) is 12.1 Å². The molecule has 1 heterocycles. The lowest BCUT2D eigenvalue weighted by Gasteiger charge is -2.02. The molecule has 0 bridgehead atoms. The molecule has 0 aliphatic heterocycles. The van der Waals surface area contributed by atoms with Gasteiger partial charge in [0.2, 0.25) is 0 Å². The topological polar surface area (TPSA) is 83.4 Å². The van der Waals surface area contributed by atoms with Crippen LogP contribution in [0.3, 0.4) is 0 Å². The van der Waals surface area contributed by atoms with Gasteiger partial charge in [0.25, 0.3) is 0 Å². The standard InChI is InChI=1S/C7H13N3O3/c1-3-12-7-9-6(10-13-7)5(8)4-11-2/h5H,3-4,8H2,1-2H3. The van der Waals surface area contributed by atoms with E-state index in [0.717, 1.165) is 0 Å². The Bertz CT molecular complexity index is 251. The second kappa shape index (κ2) is 4.78. The number of hydrogen-bond donors (Lipinski definition) is 1. The molecular weight excluding hydrogens is 174 g/mol. The summed E-state index contributed by atoms with van der Waals surface area (Å²) in [4.78, 5) is 3.91. The van der Waals surface area contributed by atoms with Gasteiger partial charge in [-0.05, 0) is 6.92 Å². The van der Waals surface area contributed by atoms with Crippen molar-refractivity contribution in [3.05, 3.63) is 5.82 Å². The Morgan fingerprint density at radius 1 is 1.62 bits per heavy atom. The number of aromatic nitrogens is 2. The van der Waals surface area contributed by atoms with Gasteiger partial charge in [0.15, 0.2) is 5.82 Å². The van der Waals surface area contributed by atoms with Gasteiger partial charge in [-0.3, -0.25) is 4.52 Å². The fraction of sp³-hybridized carbons (Fsp3) is 0.714. The van der Waals surface area contributed by atoms with Crippen LogP contribution < -0.4 is 10.5 Å². The molecule has 1 aromatic rings. The van der Waals surface area contributed by atoms with Crippen molar-refractivity contribution in [1.82, 2.24) is 10.1 Å². The maximum Gasteiger partial charge on any atom is 0.417 e. The van der Waals surface area contributed by atoms with Gasteiger partial charge in [0, 0.05) is 7.11 Å². The normalized spacial score (nSPS) is 12.8. The zero-order valence-electron chi connectivity index (χ0n) is 7.69. The van der Waals surface area contributed by atoms with Crippen molar-refractivity contribution in [2.45, 2.75) is 13.0 Å². The van der Waals surface area contributed by atoms with Crippen molar-refractivity contribution in [2.75, 3.05) is 20.3 Å². The van der Waals surface area contributed by atoms with E-state index in [9.17, 15) is 0 Å². The van der Waals surface area contributed by atoms with E-state index < -0.39 is 0 Å². The molecule has 2 N–H and O–H groups in total. The van der Waals surface area contributed by atoms with E-state index in [0.29, 0.717) is 19.0 Å². The van der Waals surface area contributed by atoms with Gasteiger partial charge < -0.3 is 15.2 Å². The second-order valence-electron chi connectivity index (χ2n) is 2.41. The van der Waals surface area contributed by atoms with Crippen molar-refractivity contribution in [1.29, 1.82) is 0 Å². The van der Waals surface area contributed by atoms with E-state index in [1.807, 2.05) is 6.92 Å². The predicted molar refractivity (Wildman–Crippen MR) is 44.3 cm³/mol. The van der Waals surface area contributed by atoms with Crippen LogP contribution in [-0.4, -0.2) is 30.5 Å². The van der Waals surface area contributed by atoms with Crippen molar-refractivity contribution in [3.63, 3.8) is 0 Å². The van der Waals surface area contributed by atoms with E-state index in [4.69, 9.17) is 19.7 Å². The molecule has 0 radical (unpaired) electrons. The first-order valence-corrected chi connectivity index (χ1v) is 3.98. The maximum atomic E-state index is 5.65. The molecule has 74 valence electrons. The van der Waals surface area contributed by atoms with Crippen LogP contribution in [0.15, 0.2) is 4.52 Å². The monoisotopic (exact) mass is 187 g/mol. The summed E-state index contributed by atoms with van der Waals surface area (Å²) in [5, 5.41) is 3.64. The molecule has 1 atom stereocenters. The lowest BCUT2D eigenvalue weighted by atomic mass is 10.3. The van der Waals surface area contributed by atoms with Gasteiger partial charge in [-0.1, -0.05) is 5.16 Å². The van der Waals surface area contributed by atoms with Crippen LogP contribution in [0.5, 0.6) is 6.08 Å². The smallest absolute Gasteiger partial charge is 0.417 e. The van der Waals surface area contributed by atoms with E-state index in [1.54, 1.807) is 7.11 Å². The molecule has 0 saturated heterocycles. The van der Waals surface area contributed by atoms with Crippen LogP contribution in [0.4, 0.5) is 0 Å². The molecule has 0 aliphatic rings. The fourth-order valence-electron chi connectivity index (χ4n) is 0.807. The third-order valence-corrected chi connectivity index (χ3v) is 1.37. The van der Waals surface area contributed by atoms with Crippen LogP contribution in [0.2, 0.25) is 0 Å². The lowest BCUT2D eigenvalue weighted by molar-refractivity contribution is 0.176. The average molecular weight is 187 g/mol. The number of rotatable bonds is 5. The highest BCUT2D eigenvalue weighted by Gasteiger charge is 2.14. The quantitative estimate of drug-likeness (QED) is 0.704. The van der Waals surface area contributed by atoms with Gasteiger partial charge in [-0.15, -0.1) is 0 Å². The molecule has 0 fully saturated rings. The highest BCUT2D eigenvalue weighted by molar-refractivity contribution is 4.95. The number of ether oxygens (including phenoxy) is 2. The number of nitrogens with zero attached hydrogens (tertiary/aromatic N) is 2. The van der Waals surface area contributed by atoms with Crippen molar-refractivity contribution in [3.8, 4) is 6.08 Å². The van der Waals surface area contributed by atoms with Crippen molar-refractivity contribution < 1.29 is 14.0 Å². The van der Waals surface area contributed by atoms with Gasteiger partial charge >= 0.3 is 6.08 Å². The molecule has 0 spiro atoms. The summed E-state index contributed by atoms with van der Waals surface area (Å²) in [6.45, 7) is 2.67. The van der Waals surface area contributed by atoms with E-state index in [1.165, 1.54) is 0 Å². The highest BCUT2D eigenvalue weighted by atomic mass is 16.6. The number of methoxy groups -OCH3 is 1. The molecule has 6 heteroatoms. The van der Waals surface area contributed by atoms with Crippen LogP contribution in [0, 0.1) is 0 Å². The van der Waals surface area contributed by atoms with Gasteiger partial charge in [0.05, 0.1) is 19.3 Å². The first-order chi connectivity index (χ1) is 6.27. The molecule has 1 rings (SSSR count). The Balaban J connectivity index is 2.56. The Labute approximate surface area is 76.0 Å². The highest BCUT2D eigenvalue weighted by Crippen LogP contribution is 2.11. The van der Waals surface area contributed by atoms with Crippen molar-refractivity contribution in [2.24, 2.45) is 5.73 Å². The lowest BCUT2D eigenvalue weighted by Crippen LogP contribution is -2.17. The Hall–Kier alpha value is -1.14. The summed E-state index contributed by atoms with van der Waals surface area (Å²) in [6.07, 6.45) is 0.143. The molecule has 0 aromatic carbocycles. The SMILES string of the molecule is CCOc1nc(C(N)COC)no1. The molecule has 1 aromatic heterocycles. The summed E-state index contributed by atoms with van der Waals surface area (Å²) in [5.41, 5.74) is 5.65. The Kier molecular flexibility index (Phi) is 3.66. The van der Waals surface area contributed by atoms with Crippen LogP contribution in [0.1, 0.15) is 18.8 Å². The second-order valence-corrected chi connectivity index (χ2v) is 2.41. The first kappa shape index (κ1) is 9.94. The van der Waals surface area contributed by atoms with Gasteiger partial charge in [-0.25, -0.2) is 0 Å².